The maximum Gasteiger partial charge on any atom is 0.0988 e. The molecule has 0 aromatic carbocycles. The van der Waals surface area contributed by atoms with E-state index < -0.39 is 0 Å². The van der Waals surface area contributed by atoms with Crippen molar-refractivity contribution in [3.63, 3.8) is 0 Å². The van der Waals surface area contributed by atoms with Crippen LogP contribution in [-0.2, 0) is 0 Å². The van der Waals surface area contributed by atoms with Crippen molar-refractivity contribution < 1.29 is 0 Å². The van der Waals surface area contributed by atoms with Crippen molar-refractivity contribution in [1.29, 1.82) is 5.26 Å². The van der Waals surface area contributed by atoms with Crippen LogP contribution in [-0.4, -0.2) is 0 Å². The van der Waals surface area contributed by atoms with E-state index in [-0.39, 0.29) is 0 Å². The second kappa shape index (κ2) is 5.15. The quantitative estimate of drug-likeness (QED) is 0.458. The van der Waals surface area contributed by atoms with E-state index in [9.17, 15) is 0 Å². The van der Waals surface area contributed by atoms with E-state index >= 15 is 0 Å². The maximum absolute atomic E-state index is 8.63. The molecule has 0 saturated heterocycles. The first-order chi connectivity index (χ1) is 5.65. The Bertz CT molecular complexity index is 285. The van der Waals surface area contributed by atoms with E-state index in [0.717, 1.165) is 11.1 Å². The summed E-state index contributed by atoms with van der Waals surface area (Å²) in [5.41, 5.74) is 2.46. The number of nitrogens with zero attached hydrogens (tertiary/aromatic N) is 1. The molecule has 0 aromatic heterocycles. The minimum atomic E-state index is 0.632. The van der Waals surface area contributed by atoms with Crippen molar-refractivity contribution in [2.24, 2.45) is 0 Å². The van der Waals surface area contributed by atoms with Crippen LogP contribution < -0.4 is 0 Å². The third kappa shape index (κ3) is 3.03. The van der Waals surface area contributed by atoms with Gasteiger partial charge in [0.1, 0.15) is 0 Å². The molecule has 0 spiro atoms. The molecule has 0 atom stereocenters. The zero-order valence-electron chi connectivity index (χ0n) is 7.59. The molecule has 0 amide bonds. The number of allylic oxidation sites excluding steroid dienone is 6. The van der Waals surface area contributed by atoms with Crippen molar-refractivity contribution in [1.82, 2.24) is 0 Å². The van der Waals surface area contributed by atoms with Crippen LogP contribution in [0.1, 0.15) is 13.8 Å². The highest BCUT2D eigenvalue weighted by Crippen LogP contribution is 2.10. The van der Waals surface area contributed by atoms with Crippen LogP contribution in [0.5, 0.6) is 0 Å². The van der Waals surface area contributed by atoms with E-state index in [0.29, 0.717) is 5.57 Å². The minimum Gasteiger partial charge on any atom is -0.192 e. The van der Waals surface area contributed by atoms with Gasteiger partial charge in [0.25, 0.3) is 0 Å². The molecular weight excluding hydrogens is 146 g/mol. The molecule has 0 fully saturated rings. The Hall–Kier alpha value is -1.55. The van der Waals surface area contributed by atoms with Gasteiger partial charge >= 0.3 is 0 Å². The fourth-order valence-electron chi connectivity index (χ4n) is 0.704. The lowest BCUT2D eigenvalue weighted by Crippen LogP contribution is -1.80. The van der Waals surface area contributed by atoms with Crippen LogP contribution in [0.25, 0.3) is 0 Å². The Morgan fingerprint density at radius 2 is 2.08 bits per heavy atom. The molecular formula is C11H13N. The van der Waals surface area contributed by atoms with Gasteiger partial charge in [-0.3, -0.25) is 0 Å². The van der Waals surface area contributed by atoms with Gasteiger partial charge in [-0.25, -0.2) is 0 Å². The Morgan fingerprint density at radius 3 is 2.33 bits per heavy atom. The van der Waals surface area contributed by atoms with Gasteiger partial charge in [0.2, 0.25) is 0 Å². The van der Waals surface area contributed by atoms with Gasteiger partial charge in [0.15, 0.2) is 0 Å². The van der Waals surface area contributed by atoms with Gasteiger partial charge in [-0.15, -0.1) is 0 Å². The molecule has 0 unspecified atom stereocenters. The highest BCUT2D eigenvalue weighted by Gasteiger charge is 1.93. The lowest BCUT2D eigenvalue weighted by atomic mass is 10.1. The molecule has 62 valence electrons. The molecule has 0 aliphatic rings. The van der Waals surface area contributed by atoms with E-state index in [1.54, 1.807) is 18.2 Å². The van der Waals surface area contributed by atoms with Gasteiger partial charge < -0.3 is 0 Å². The van der Waals surface area contributed by atoms with Crippen LogP contribution >= 0.6 is 0 Å². The third-order valence-corrected chi connectivity index (χ3v) is 1.46. The highest BCUT2D eigenvalue weighted by molar-refractivity contribution is 5.45. The van der Waals surface area contributed by atoms with Gasteiger partial charge in [-0.2, -0.15) is 5.26 Å². The molecule has 0 saturated carbocycles. The Morgan fingerprint density at radius 1 is 1.50 bits per heavy atom. The molecule has 0 aromatic rings. The third-order valence-electron chi connectivity index (χ3n) is 1.46. The maximum atomic E-state index is 8.63. The van der Waals surface area contributed by atoms with E-state index in [2.05, 4.69) is 19.2 Å². The van der Waals surface area contributed by atoms with E-state index in [4.69, 9.17) is 5.26 Å². The average Bonchev–Trinajstić information content (AvgIpc) is 2.06. The van der Waals surface area contributed by atoms with E-state index in [1.807, 2.05) is 13.8 Å². The lowest BCUT2D eigenvalue weighted by molar-refractivity contribution is 1.42. The first-order valence-electron chi connectivity index (χ1n) is 3.72. The molecule has 1 heteroatoms. The standard InChI is InChI=1S/C11H13N/c1-5-10(8-12)7-11(6-2)9(3)4/h5-7H,2-3H2,1,4H3/b10-5+,11-7-. The van der Waals surface area contributed by atoms with Crippen LogP contribution in [0.2, 0.25) is 0 Å². The molecule has 1 nitrogen and oxygen atoms in total. The Balaban J connectivity index is 4.86. The van der Waals surface area contributed by atoms with Gasteiger partial charge in [-0.05, 0) is 25.5 Å². The second-order valence-electron chi connectivity index (χ2n) is 2.44. The monoisotopic (exact) mass is 159 g/mol. The summed E-state index contributed by atoms with van der Waals surface area (Å²) in [7, 11) is 0. The number of hydrogen-bond acceptors (Lipinski definition) is 1. The number of hydrogen-bond donors (Lipinski definition) is 0. The molecule has 0 aliphatic carbocycles. The highest BCUT2D eigenvalue weighted by atomic mass is 14.2. The summed E-state index contributed by atoms with van der Waals surface area (Å²) in [6.45, 7) is 11.1. The van der Waals surface area contributed by atoms with Crippen molar-refractivity contribution in [2.45, 2.75) is 13.8 Å². The fourth-order valence-corrected chi connectivity index (χ4v) is 0.704. The van der Waals surface area contributed by atoms with Crippen LogP contribution in [0, 0.1) is 11.3 Å². The van der Waals surface area contributed by atoms with Gasteiger partial charge in [0, 0.05) is 5.57 Å². The zero-order valence-corrected chi connectivity index (χ0v) is 7.59. The Labute approximate surface area is 74.0 Å². The molecule has 0 aliphatic heterocycles. The molecule has 12 heavy (non-hydrogen) atoms. The lowest BCUT2D eigenvalue weighted by Gasteiger charge is -1.98. The summed E-state index contributed by atoms with van der Waals surface area (Å²) < 4.78 is 0. The molecule has 0 N–H and O–H groups in total. The first-order valence-corrected chi connectivity index (χ1v) is 3.72. The smallest absolute Gasteiger partial charge is 0.0988 e. The SMILES string of the molecule is C=C/C(=C/C(C#N)=C\C)C(=C)C. The van der Waals surface area contributed by atoms with Crippen LogP contribution in [0.3, 0.4) is 0 Å². The summed E-state index contributed by atoms with van der Waals surface area (Å²) in [6.07, 6.45) is 5.23. The van der Waals surface area contributed by atoms with Crippen molar-refractivity contribution in [3.05, 3.63) is 48.1 Å². The topological polar surface area (TPSA) is 23.8 Å². The number of rotatable bonds is 3. The largest absolute Gasteiger partial charge is 0.192 e. The average molecular weight is 159 g/mol. The second-order valence-corrected chi connectivity index (χ2v) is 2.44. The molecule has 0 radical (unpaired) electrons. The summed E-state index contributed by atoms with van der Waals surface area (Å²) in [5.74, 6) is 0. The number of nitriles is 1. The Kier molecular flexibility index (Phi) is 4.48. The normalized spacial score (nSPS) is 12.1. The zero-order chi connectivity index (χ0) is 9.56. The first kappa shape index (κ1) is 10.4. The fraction of sp³-hybridized carbons (Fsp3) is 0.182. The summed E-state index contributed by atoms with van der Waals surface area (Å²) in [6, 6.07) is 2.07. The summed E-state index contributed by atoms with van der Waals surface area (Å²) >= 11 is 0. The van der Waals surface area contributed by atoms with Crippen LogP contribution in [0.4, 0.5) is 0 Å². The predicted molar refractivity (Wildman–Crippen MR) is 52.5 cm³/mol. The molecule has 0 bridgehead atoms. The van der Waals surface area contributed by atoms with Gasteiger partial charge in [-0.1, -0.05) is 30.9 Å². The van der Waals surface area contributed by atoms with Gasteiger partial charge in [0.05, 0.1) is 6.07 Å². The summed E-state index contributed by atoms with van der Waals surface area (Å²) in [4.78, 5) is 0. The molecule has 0 heterocycles. The minimum absolute atomic E-state index is 0.632. The van der Waals surface area contributed by atoms with Crippen molar-refractivity contribution in [3.8, 4) is 6.07 Å². The van der Waals surface area contributed by atoms with Crippen LogP contribution in [0.15, 0.2) is 48.1 Å². The van der Waals surface area contributed by atoms with Crippen molar-refractivity contribution >= 4 is 0 Å². The molecule has 0 rings (SSSR count). The summed E-state index contributed by atoms with van der Waals surface area (Å²) in [5, 5.41) is 8.63. The van der Waals surface area contributed by atoms with Crippen molar-refractivity contribution in [2.75, 3.05) is 0 Å². The van der Waals surface area contributed by atoms with E-state index in [1.165, 1.54) is 0 Å². The predicted octanol–water partition coefficient (Wildman–Crippen LogP) is 3.14.